The minimum Gasteiger partial charge on any atom is -0.354 e. The number of thioether (sulfide) groups is 1. The van der Waals surface area contributed by atoms with Crippen LogP contribution in [0.15, 0.2) is 9.95 Å². The van der Waals surface area contributed by atoms with Gasteiger partial charge in [-0.25, -0.2) is 4.98 Å². The van der Waals surface area contributed by atoms with E-state index < -0.39 is 0 Å². The third-order valence-corrected chi connectivity index (χ3v) is 6.63. The topological polar surface area (TPSA) is 90.8 Å². The number of hydrogen-bond acceptors (Lipinski definition) is 6. The lowest BCUT2D eigenvalue weighted by Gasteiger charge is -2.09. The number of fused-ring (bicyclic) bond motifs is 1. The van der Waals surface area contributed by atoms with Crippen LogP contribution in [0.4, 0.5) is 5.95 Å². The van der Waals surface area contributed by atoms with Crippen LogP contribution in [0.5, 0.6) is 0 Å². The maximum Gasteiger partial charge on any atom is 0.280 e. The van der Waals surface area contributed by atoms with Crippen molar-refractivity contribution in [3.05, 3.63) is 10.4 Å². The van der Waals surface area contributed by atoms with Crippen LogP contribution in [0, 0.1) is 11.8 Å². The average molecular weight is 461 g/mol. The highest BCUT2D eigenvalue weighted by Gasteiger charge is 2.18. The van der Waals surface area contributed by atoms with Gasteiger partial charge in [0.25, 0.3) is 5.56 Å². The van der Waals surface area contributed by atoms with Crippen LogP contribution in [0.1, 0.15) is 78.1 Å². The standard InChI is InChI=1S/C24H40N6OS/c1-4-6-8-9-10-11-12-13-14-15-19-32-24-28-21-20(22(31)29(24)3)30(18-7-5-2)23(27-21)26-17-16-25/h4,6,8-19,25H2,1-3H3,(H,26,27). The van der Waals surface area contributed by atoms with E-state index in [0.29, 0.717) is 36.7 Å². The molecule has 0 aliphatic heterocycles. The van der Waals surface area contributed by atoms with E-state index in [9.17, 15) is 4.79 Å². The molecular weight excluding hydrogens is 420 g/mol. The van der Waals surface area contributed by atoms with Crippen molar-refractivity contribution < 1.29 is 0 Å². The third kappa shape index (κ3) is 7.86. The van der Waals surface area contributed by atoms with Crippen LogP contribution in [0.2, 0.25) is 0 Å². The summed E-state index contributed by atoms with van der Waals surface area (Å²) in [5.74, 6) is 7.45. The van der Waals surface area contributed by atoms with Gasteiger partial charge in [0.2, 0.25) is 5.95 Å². The molecule has 0 aliphatic rings. The van der Waals surface area contributed by atoms with E-state index in [1.165, 1.54) is 57.8 Å². The van der Waals surface area contributed by atoms with E-state index in [2.05, 4.69) is 29.1 Å². The molecule has 2 aromatic heterocycles. The first-order chi connectivity index (χ1) is 15.6. The van der Waals surface area contributed by atoms with Gasteiger partial charge < -0.3 is 11.1 Å². The van der Waals surface area contributed by atoms with Crippen LogP contribution in [0.3, 0.4) is 0 Å². The maximum atomic E-state index is 13.1. The Balaban J connectivity index is 1.92. The Morgan fingerprint density at radius 2 is 1.69 bits per heavy atom. The molecule has 0 aliphatic carbocycles. The summed E-state index contributed by atoms with van der Waals surface area (Å²) in [7, 11) is 1.78. The maximum absolute atomic E-state index is 13.1. The van der Waals surface area contributed by atoms with E-state index in [4.69, 9.17) is 10.7 Å². The number of hydrogen-bond donors (Lipinski definition) is 2. The molecule has 0 atom stereocenters. The monoisotopic (exact) mass is 460 g/mol. The van der Waals surface area contributed by atoms with Crippen LogP contribution < -0.4 is 16.6 Å². The molecule has 0 fully saturated rings. The second-order valence-electron chi connectivity index (χ2n) is 8.12. The molecule has 32 heavy (non-hydrogen) atoms. The predicted octanol–water partition coefficient (Wildman–Crippen LogP) is 4.54. The molecule has 0 saturated carbocycles. The van der Waals surface area contributed by atoms with E-state index in [-0.39, 0.29) is 5.56 Å². The van der Waals surface area contributed by atoms with Crippen LogP contribution in [-0.4, -0.2) is 37.9 Å². The number of aromatic nitrogens is 4. The molecule has 178 valence electrons. The highest BCUT2D eigenvalue weighted by molar-refractivity contribution is 7.99. The number of rotatable bonds is 16. The SMILES string of the molecule is CC#CCn1c(NCCN)nc2nc(SCCCCCCCCCCCC)n(C)c(=O)c21. The molecule has 2 aromatic rings. The quantitative estimate of drug-likeness (QED) is 0.165. The molecule has 2 heterocycles. The summed E-state index contributed by atoms with van der Waals surface area (Å²) >= 11 is 1.64. The van der Waals surface area contributed by atoms with Gasteiger partial charge in [0.15, 0.2) is 16.3 Å². The Morgan fingerprint density at radius 1 is 1.03 bits per heavy atom. The zero-order chi connectivity index (χ0) is 23.2. The van der Waals surface area contributed by atoms with Gasteiger partial charge in [-0.05, 0) is 13.3 Å². The number of nitrogens with one attached hydrogen (secondary N) is 1. The Morgan fingerprint density at radius 3 is 2.31 bits per heavy atom. The van der Waals surface area contributed by atoms with E-state index in [1.54, 1.807) is 34.9 Å². The highest BCUT2D eigenvalue weighted by atomic mass is 32.2. The lowest BCUT2D eigenvalue weighted by Crippen LogP contribution is -2.23. The molecule has 0 spiro atoms. The summed E-state index contributed by atoms with van der Waals surface area (Å²) in [5, 5.41) is 3.90. The van der Waals surface area contributed by atoms with Crippen molar-refractivity contribution in [1.82, 2.24) is 19.1 Å². The Bertz CT molecular complexity index is 940. The number of nitrogens with zero attached hydrogens (tertiary/aromatic N) is 4. The Labute approximate surface area is 197 Å². The first-order valence-electron chi connectivity index (χ1n) is 12.1. The Hall–Kier alpha value is -1.98. The zero-order valence-electron chi connectivity index (χ0n) is 20.1. The number of imidazole rings is 1. The third-order valence-electron chi connectivity index (χ3n) is 5.52. The van der Waals surface area contributed by atoms with Gasteiger partial charge in [-0.15, -0.1) is 5.92 Å². The second kappa shape index (κ2) is 15.0. The van der Waals surface area contributed by atoms with Gasteiger partial charge in [0.1, 0.15) is 0 Å². The lowest BCUT2D eigenvalue weighted by molar-refractivity contribution is 0.563. The van der Waals surface area contributed by atoms with Gasteiger partial charge in [0, 0.05) is 25.9 Å². The first kappa shape index (κ1) is 26.3. The summed E-state index contributed by atoms with van der Waals surface area (Å²) in [4.78, 5) is 22.3. The van der Waals surface area contributed by atoms with E-state index in [1.807, 2.05) is 0 Å². The summed E-state index contributed by atoms with van der Waals surface area (Å²) in [6.45, 7) is 5.49. The summed E-state index contributed by atoms with van der Waals surface area (Å²) in [6, 6.07) is 0. The highest BCUT2D eigenvalue weighted by Crippen LogP contribution is 2.21. The van der Waals surface area contributed by atoms with Crippen LogP contribution in [0.25, 0.3) is 11.2 Å². The lowest BCUT2D eigenvalue weighted by atomic mass is 10.1. The van der Waals surface area contributed by atoms with Gasteiger partial charge in [0.05, 0.1) is 6.54 Å². The van der Waals surface area contributed by atoms with Gasteiger partial charge >= 0.3 is 0 Å². The molecule has 0 unspecified atom stereocenters. The molecule has 8 heteroatoms. The van der Waals surface area contributed by atoms with Crippen molar-refractivity contribution in [3.8, 4) is 11.8 Å². The van der Waals surface area contributed by atoms with Crippen molar-refractivity contribution in [2.45, 2.75) is 89.8 Å². The van der Waals surface area contributed by atoms with Crippen molar-refractivity contribution in [2.24, 2.45) is 12.8 Å². The van der Waals surface area contributed by atoms with Crippen LogP contribution >= 0.6 is 11.8 Å². The fourth-order valence-corrected chi connectivity index (χ4v) is 4.61. The molecule has 0 amide bonds. The predicted molar refractivity (Wildman–Crippen MR) is 136 cm³/mol. The molecule has 0 aromatic carbocycles. The molecule has 3 N–H and O–H groups in total. The molecule has 2 rings (SSSR count). The van der Waals surface area contributed by atoms with Gasteiger partial charge in [-0.3, -0.25) is 13.9 Å². The second-order valence-corrected chi connectivity index (χ2v) is 9.19. The normalized spacial score (nSPS) is 11.0. The van der Waals surface area contributed by atoms with Crippen molar-refractivity contribution in [1.29, 1.82) is 0 Å². The minimum atomic E-state index is -0.0909. The van der Waals surface area contributed by atoms with Crippen LogP contribution in [-0.2, 0) is 13.6 Å². The summed E-state index contributed by atoms with van der Waals surface area (Å²) < 4.78 is 3.43. The van der Waals surface area contributed by atoms with E-state index >= 15 is 0 Å². The largest absolute Gasteiger partial charge is 0.354 e. The molecule has 0 saturated heterocycles. The number of nitrogens with two attached hydrogens (primary N) is 1. The van der Waals surface area contributed by atoms with Gasteiger partial charge in [-0.2, -0.15) is 4.98 Å². The minimum absolute atomic E-state index is 0.0909. The zero-order valence-corrected chi connectivity index (χ0v) is 20.9. The summed E-state index contributed by atoms with van der Waals surface area (Å²) in [5.41, 5.74) is 6.48. The summed E-state index contributed by atoms with van der Waals surface area (Å²) in [6.07, 6.45) is 13.2. The van der Waals surface area contributed by atoms with E-state index in [0.717, 1.165) is 17.3 Å². The average Bonchev–Trinajstić information content (AvgIpc) is 3.14. The number of anilines is 1. The van der Waals surface area contributed by atoms with Crippen molar-refractivity contribution in [3.63, 3.8) is 0 Å². The molecular formula is C24H40N6OS. The number of unbranched alkanes of at least 4 members (excludes halogenated alkanes) is 9. The molecule has 7 nitrogen and oxygen atoms in total. The Kier molecular flexibility index (Phi) is 12.3. The van der Waals surface area contributed by atoms with Crippen molar-refractivity contribution >= 4 is 28.9 Å². The van der Waals surface area contributed by atoms with Crippen molar-refractivity contribution in [2.75, 3.05) is 24.2 Å². The fourth-order valence-electron chi connectivity index (χ4n) is 3.65. The smallest absolute Gasteiger partial charge is 0.280 e. The first-order valence-corrected chi connectivity index (χ1v) is 13.1. The molecule has 0 bridgehead atoms. The fraction of sp³-hybridized carbons (Fsp3) is 0.708. The molecule has 0 radical (unpaired) electrons. The van der Waals surface area contributed by atoms with Gasteiger partial charge in [-0.1, -0.05) is 82.4 Å².